The Bertz CT molecular complexity index is 1370. The highest BCUT2D eigenvalue weighted by Gasteiger charge is 2.19. The summed E-state index contributed by atoms with van der Waals surface area (Å²) in [6, 6.07) is 20.5. The zero-order chi connectivity index (χ0) is 22.1. The van der Waals surface area contributed by atoms with E-state index in [-0.39, 0.29) is 24.2 Å². The first-order chi connectivity index (χ1) is 15.6. The van der Waals surface area contributed by atoms with Gasteiger partial charge in [-0.15, -0.1) is 10.2 Å². The van der Waals surface area contributed by atoms with Gasteiger partial charge in [-0.2, -0.15) is 9.61 Å². The lowest BCUT2D eigenvalue weighted by molar-refractivity contribution is 0.292. The van der Waals surface area contributed by atoms with Crippen LogP contribution in [0.15, 0.2) is 72.8 Å². The number of hydrogen-bond donors (Lipinski definition) is 0. The average molecular weight is 448 g/mol. The summed E-state index contributed by atoms with van der Waals surface area (Å²) in [5, 5.41) is 13.7. The molecule has 160 valence electrons. The predicted octanol–water partition coefficient (Wildman–Crippen LogP) is 5.86. The molecule has 8 heteroatoms. The molecule has 0 N–H and O–H groups in total. The molecule has 1 unspecified atom stereocenters. The van der Waals surface area contributed by atoms with Gasteiger partial charge in [0.2, 0.25) is 4.96 Å². The van der Waals surface area contributed by atoms with Crippen LogP contribution in [0.1, 0.15) is 29.2 Å². The van der Waals surface area contributed by atoms with E-state index in [0.717, 1.165) is 16.1 Å². The number of benzene rings is 3. The monoisotopic (exact) mass is 448 g/mol. The topological polar surface area (TPSA) is 52.3 Å². The Morgan fingerprint density at radius 3 is 2.50 bits per heavy atom. The van der Waals surface area contributed by atoms with Gasteiger partial charge in [0.15, 0.2) is 5.82 Å². The van der Waals surface area contributed by atoms with Crippen molar-refractivity contribution in [1.29, 1.82) is 0 Å². The van der Waals surface area contributed by atoms with Gasteiger partial charge in [-0.3, -0.25) is 0 Å². The minimum Gasteiger partial charge on any atom is -0.486 e. The molecule has 5 aromatic rings. The van der Waals surface area contributed by atoms with Gasteiger partial charge in [0.05, 0.1) is 0 Å². The Morgan fingerprint density at radius 2 is 1.75 bits per heavy atom. The number of rotatable bonds is 6. The van der Waals surface area contributed by atoms with E-state index in [1.807, 2.05) is 43.3 Å². The van der Waals surface area contributed by atoms with E-state index in [2.05, 4.69) is 15.3 Å². The van der Waals surface area contributed by atoms with Gasteiger partial charge in [0, 0.05) is 11.5 Å². The highest BCUT2D eigenvalue weighted by atomic mass is 32.1. The molecule has 0 amide bonds. The molecule has 0 aliphatic carbocycles. The Hall–Kier alpha value is -3.65. The molecule has 0 saturated carbocycles. The smallest absolute Gasteiger partial charge is 0.234 e. The lowest BCUT2D eigenvalue weighted by Crippen LogP contribution is -2.04. The van der Waals surface area contributed by atoms with Gasteiger partial charge in [-0.1, -0.05) is 60.7 Å². The molecule has 5 rings (SSSR count). The van der Waals surface area contributed by atoms with E-state index in [0.29, 0.717) is 22.1 Å². The molecule has 2 aromatic heterocycles. The number of ether oxygens (including phenoxy) is 1. The quantitative estimate of drug-likeness (QED) is 0.326. The lowest BCUT2D eigenvalue weighted by atomic mass is 9.97. The molecule has 0 fully saturated rings. The van der Waals surface area contributed by atoms with Crippen molar-refractivity contribution in [3.8, 4) is 16.9 Å². The molecule has 2 heterocycles. The highest BCUT2D eigenvalue weighted by Crippen LogP contribution is 2.31. The minimum absolute atomic E-state index is 0.119. The molecule has 0 aliphatic rings. The second kappa shape index (κ2) is 8.47. The second-order valence-electron chi connectivity index (χ2n) is 7.32. The van der Waals surface area contributed by atoms with Crippen LogP contribution in [0.4, 0.5) is 8.78 Å². The Balaban J connectivity index is 1.36. The van der Waals surface area contributed by atoms with Crippen molar-refractivity contribution >= 4 is 16.3 Å². The number of hydrogen-bond acceptors (Lipinski definition) is 5. The number of fused-ring (bicyclic) bond motifs is 1. The van der Waals surface area contributed by atoms with Gasteiger partial charge in [-0.05, 0) is 41.5 Å². The molecule has 0 aliphatic heterocycles. The molecule has 3 aromatic carbocycles. The molecular weight excluding hydrogens is 430 g/mol. The van der Waals surface area contributed by atoms with E-state index in [4.69, 9.17) is 4.74 Å². The summed E-state index contributed by atoms with van der Waals surface area (Å²) < 4.78 is 35.2. The van der Waals surface area contributed by atoms with Crippen LogP contribution in [0.5, 0.6) is 5.75 Å². The maximum absolute atomic E-state index is 14.8. The molecule has 5 nitrogen and oxygen atoms in total. The van der Waals surface area contributed by atoms with Gasteiger partial charge < -0.3 is 4.74 Å². The maximum atomic E-state index is 14.8. The average Bonchev–Trinajstić information content (AvgIpc) is 3.40. The zero-order valence-corrected chi connectivity index (χ0v) is 17.9. The summed E-state index contributed by atoms with van der Waals surface area (Å²) >= 11 is 1.40. The third-order valence-corrected chi connectivity index (χ3v) is 6.28. The molecular formula is C24H18F2N4OS. The van der Waals surface area contributed by atoms with Crippen molar-refractivity contribution in [3.05, 3.63) is 101 Å². The van der Waals surface area contributed by atoms with E-state index < -0.39 is 0 Å². The maximum Gasteiger partial charge on any atom is 0.234 e. The van der Waals surface area contributed by atoms with Crippen molar-refractivity contribution in [3.63, 3.8) is 0 Å². The molecule has 0 radical (unpaired) electrons. The molecule has 0 saturated heterocycles. The van der Waals surface area contributed by atoms with Crippen LogP contribution in [0.3, 0.4) is 0 Å². The van der Waals surface area contributed by atoms with Crippen molar-refractivity contribution in [2.45, 2.75) is 19.4 Å². The summed E-state index contributed by atoms with van der Waals surface area (Å²) in [5.41, 5.74) is 2.24. The Morgan fingerprint density at radius 1 is 0.969 bits per heavy atom. The minimum atomic E-state index is -0.325. The predicted molar refractivity (Wildman–Crippen MR) is 119 cm³/mol. The van der Waals surface area contributed by atoms with Crippen molar-refractivity contribution in [2.24, 2.45) is 0 Å². The first kappa shape index (κ1) is 20.3. The zero-order valence-electron chi connectivity index (χ0n) is 17.1. The molecule has 0 bridgehead atoms. The van der Waals surface area contributed by atoms with Crippen LogP contribution < -0.4 is 4.74 Å². The first-order valence-corrected chi connectivity index (χ1v) is 10.8. The third kappa shape index (κ3) is 3.97. The summed E-state index contributed by atoms with van der Waals surface area (Å²) in [6.45, 7) is 2.13. The van der Waals surface area contributed by atoms with E-state index in [1.54, 1.807) is 28.8 Å². The van der Waals surface area contributed by atoms with Crippen LogP contribution in [-0.4, -0.2) is 19.8 Å². The van der Waals surface area contributed by atoms with Gasteiger partial charge in [-0.25, -0.2) is 8.78 Å². The van der Waals surface area contributed by atoms with Crippen molar-refractivity contribution in [2.75, 3.05) is 0 Å². The molecule has 1 atom stereocenters. The fourth-order valence-corrected chi connectivity index (χ4v) is 4.35. The fourth-order valence-electron chi connectivity index (χ4n) is 3.41. The van der Waals surface area contributed by atoms with Crippen LogP contribution >= 0.6 is 11.3 Å². The van der Waals surface area contributed by atoms with E-state index in [1.165, 1.54) is 23.5 Å². The van der Waals surface area contributed by atoms with E-state index in [9.17, 15) is 8.78 Å². The Kier molecular flexibility index (Phi) is 5.36. The summed E-state index contributed by atoms with van der Waals surface area (Å²) in [5.74, 6) is 0.350. The lowest BCUT2D eigenvalue weighted by Gasteiger charge is -2.11. The normalized spacial score (nSPS) is 12.2. The second-order valence-corrected chi connectivity index (χ2v) is 8.31. The van der Waals surface area contributed by atoms with Crippen molar-refractivity contribution in [1.82, 2.24) is 19.8 Å². The largest absolute Gasteiger partial charge is 0.486 e. The van der Waals surface area contributed by atoms with E-state index >= 15 is 0 Å². The summed E-state index contributed by atoms with van der Waals surface area (Å²) in [6.07, 6.45) is 0. The van der Waals surface area contributed by atoms with Crippen molar-refractivity contribution < 1.29 is 13.5 Å². The highest BCUT2D eigenvalue weighted by molar-refractivity contribution is 7.16. The van der Waals surface area contributed by atoms with Crippen LogP contribution in [0, 0.1) is 11.6 Å². The Labute approximate surface area is 186 Å². The number of halogens is 2. The number of nitrogens with zero attached hydrogens (tertiary/aromatic N) is 4. The van der Waals surface area contributed by atoms with Gasteiger partial charge in [0.25, 0.3) is 0 Å². The molecule has 32 heavy (non-hydrogen) atoms. The summed E-state index contributed by atoms with van der Waals surface area (Å²) in [4.78, 5) is 0.630. The van der Waals surface area contributed by atoms with Crippen LogP contribution in [0.25, 0.3) is 16.1 Å². The third-order valence-electron chi connectivity index (χ3n) is 5.20. The number of aromatic nitrogens is 4. The summed E-state index contributed by atoms with van der Waals surface area (Å²) in [7, 11) is 0. The van der Waals surface area contributed by atoms with Gasteiger partial charge >= 0.3 is 0 Å². The van der Waals surface area contributed by atoms with Gasteiger partial charge in [0.1, 0.15) is 29.0 Å². The molecule has 0 spiro atoms. The fraction of sp³-hybridized carbons (Fsp3) is 0.125. The van der Waals surface area contributed by atoms with Crippen LogP contribution in [0.2, 0.25) is 0 Å². The standard InChI is InChI=1S/C24H18F2N4OS/c1-15(17-7-12-20(21(26)13-17)16-5-3-2-4-6-16)23-29-30-22(27-28-24(30)32-23)14-31-19-10-8-18(25)9-11-19/h2-13,15H,14H2,1H3. The SMILES string of the molecule is CC(c1ccc(-c2ccccc2)c(F)c1)c1nn2c(COc3ccc(F)cc3)nnc2s1. The van der Waals surface area contributed by atoms with Crippen LogP contribution in [-0.2, 0) is 6.61 Å². The first-order valence-electron chi connectivity index (χ1n) is 10.0.